The standard InChI is InChI=1S/C13H17NO3S/c1-18(2)9-8-11(13(16)17)14-12(15)10-6-4-3-5-7-10/h3-7,11H,8-9H2,1-2H3,(H-,14,15,16,17)/p+1. The van der Waals surface area contributed by atoms with Crippen LogP contribution in [0.4, 0.5) is 0 Å². The van der Waals surface area contributed by atoms with Crippen molar-refractivity contribution < 1.29 is 14.7 Å². The number of amides is 1. The molecule has 0 fully saturated rings. The fourth-order valence-corrected chi connectivity index (χ4v) is 2.15. The van der Waals surface area contributed by atoms with Crippen LogP contribution in [0.2, 0.25) is 0 Å². The lowest BCUT2D eigenvalue weighted by Crippen LogP contribution is -2.41. The predicted molar refractivity (Wildman–Crippen MR) is 74.0 cm³/mol. The molecule has 5 heteroatoms. The summed E-state index contributed by atoms with van der Waals surface area (Å²) in [4.78, 5) is 22.9. The maximum absolute atomic E-state index is 11.8. The molecule has 0 bridgehead atoms. The van der Waals surface area contributed by atoms with Crippen molar-refractivity contribution in [2.24, 2.45) is 0 Å². The van der Waals surface area contributed by atoms with E-state index in [1.807, 2.05) is 6.07 Å². The summed E-state index contributed by atoms with van der Waals surface area (Å²) in [5.41, 5.74) is 0.482. The van der Waals surface area contributed by atoms with Gasteiger partial charge in [-0.25, -0.2) is 4.79 Å². The van der Waals surface area contributed by atoms with Crippen LogP contribution < -0.4 is 5.32 Å². The molecule has 0 aromatic heterocycles. The van der Waals surface area contributed by atoms with Gasteiger partial charge >= 0.3 is 5.97 Å². The molecule has 0 spiro atoms. The maximum atomic E-state index is 11.8. The SMILES string of the molecule is C[S+](C)CCC(NC(=O)c1ccccc1)C(=O)O. The summed E-state index contributed by atoms with van der Waals surface area (Å²) in [6, 6.07) is 7.83. The van der Waals surface area contributed by atoms with Crippen LogP contribution in [0.1, 0.15) is 16.8 Å². The lowest BCUT2D eigenvalue weighted by atomic mass is 10.1. The molecule has 4 nitrogen and oxygen atoms in total. The minimum atomic E-state index is -0.982. The molecule has 1 amide bonds. The van der Waals surface area contributed by atoms with Crippen LogP contribution in [0.5, 0.6) is 0 Å². The van der Waals surface area contributed by atoms with E-state index in [9.17, 15) is 9.59 Å². The minimum Gasteiger partial charge on any atom is -0.480 e. The quantitative estimate of drug-likeness (QED) is 0.760. The summed E-state index contributed by atoms with van der Waals surface area (Å²) < 4.78 is 0. The molecule has 1 atom stereocenters. The van der Waals surface area contributed by atoms with Gasteiger partial charge in [-0.1, -0.05) is 18.2 Å². The Balaban J connectivity index is 2.61. The van der Waals surface area contributed by atoms with Crippen LogP contribution in [0, 0.1) is 0 Å². The molecule has 0 aliphatic heterocycles. The van der Waals surface area contributed by atoms with Crippen molar-refractivity contribution in [1.29, 1.82) is 0 Å². The number of benzene rings is 1. The predicted octanol–water partition coefficient (Wildman–Crippen LogP) is 1.14. The van der Waals surface area contributed by atoms with E-state index >= 15 is 0 Å². The Bertz CT molecular complexity index is 406. The fourth-order valence-electron chi connectivity index (χ4n) is 1.44. The van der Waals surface area contributed by atoms with Gasteiger partial charge in [0.25, 0.3) is 5.91 Å². The molecular formula is C13H18NO3S+. The molecule has 1 aromatic carbocycles. The smallest absolute Gasteiger partial charge is 0.326 e. The monoisotopic (exact) mass is 268 g/mol. The number of carboxylic acid groups (broad SMARTS) is 1. The van der Waals surface area contributed by atoms with Crippen LogP contribution in [0.25, 0.3) is 0 Å². The van der Waals surface area contributed by atoms with Crippen molar-refractivity contribution in [3.8, 4) is 0 Å². The Kier molecular flexibility index (Phi) is 5.71. The Morgan fingerprint density at radius 2 is 1.89 bits per heavy atom. The third-order valence-corrected chi connectivity index (χ3v) is 3.51. The van der Waals surface area contributed by atoms with Crippen LogP contribution in [0.15, 0.2) is 30.3 Å². The Morgan fingerprint density at radius 3 is 2.39 bits per heavy atom. The van der Waals surface area contributed by atoms with E-state index in [1.54, 1.807) is 24.3 Å². The number of rotatable bonds is 6. The van der Waals surface area contributed by atoms with E-state index in [2.05, 4.69) is 17.8 Å². The first-order chi connectivity index (χ1) is 8.50. The number of carboxylic acids is 1. The topological polar surface area (TPSA) is 66.4 Å². The summed E-state index contributed by atoms with van der Waals surface area (Å²) in [6.45, 7) is 0. The lowest BCUT2D eigenvalue weighted by Gasteiger charge is -2.13. The Hall–Kier alpha value is -1.49. The van der Waals surface area contributed by atoms with Gasteiger partial charge in [-0.2, -0.15) is 0 Å². The van der Waals surface area contributed by atoms with Crippen molar-refractivity contribution in [3.63, 3.8) is 0 Å². The van der Waals surface area contributed by atoms with Crippen LogP contribution in [-0.4, -0.2) is 41.3 Å². The van der Waals surface area contributed by atoms with Gasteiger partial charge in [0.1, 0.15) is 11.8 Å². The van der Waals surface area contributed by atoms with Crippen LogP contribution in [0.3, 0.4) is 0 Å². The summed E-state index contributed by atoms with van der Waals surface area (Å²) in [6.07, 6.45) is 4.57. The number of hydrogen-bond donors (Lipinski definition) is 2. The molecule has 1 aromatic rings. The van der Waals surface area contributed by atoms with Gasteiger partial charge in [0.2, 0.25) is 0 Å². The molecule has 0 saturated heterocycles. The molecule has 98 valence electrons. The Labute approximate surface area is 110 Å². The number of nitrogens with one attached hydrogen (secondary N) is 1. The molecule has 0 aliphatic carbocycles. The second-order valence-electron chi connectivity index (χ2n) is 4.21. The molecular weight excluding hydrogens is 250 g/mol. The summed E-state index contributed by atoms with van der Waals surface area (Å²) >= 11 is 0. The first-order valence-corrected chi connectivity index (χ1v) is 7.84. The first kappa shape index (κ1) is 14.6. The van der Waals surface area contributed by atoms with Crippen molar-refractivity contribution in [3.05, 3.63) is 35.9 Å². The van der Waals surface area contributed by atoms with E-state index in [1.165, 1.54) is 0 Å². The lowest BCUT2D eigenvalue weighted by molar-refractivity contribution is -0.139. The van der Waals surface area contributed by atoms with Crippen LogP contribution >= 0.6 is 0 Å². The zero-order valence-electron chi connectivity index (χ0n) is 10.6. The van der Waals surface area contributed by atoms with Gasteiger partial charge in [-0.3, -0.25) is 4.79 Å². The number of carbonyl (C=O) groups excluding carboxylic acids is 1. The van der Waals surface area contributed by atoms with Crippen LogP contribution in [-0.2, 0) is 15.7 Å². The van der Waals surface area contributed by atoms with E-state index < -0.39 is 12.0 Å². The molecule has 0 radical (unpaired) electrons. The van der Waals surface area contributed by atoms with Gasteiger partial charge in [-0.05, 0) is 23.0 Å². The largest absolute Gasteiger partial charge is 0.480 e. The number of hydrogen-bond acceptors (Lipinski definition) is 2. The second kappa shape index (κ2) is 7.06. The average molecular weight is 268 g/mol. The van der Waals surface area contributed by atoms with Crippen molar-refractivity contribution in [1.82, 2.24) is 5.32 Å². The van der Waals surface area contributed by atoms with Gasteiger partial charge in [0.05, 0.1) is 12.5 Å². The van der Waals surface area contributed by atoms with Gasteiger partial charge < -0.3 is 10.4 Å². The van der Waals surface area contributed by atoms with E-state index in [4.69, 9.17) is 5.11 Å². The van der Waals surface area contributed by atoms with Crippen molar-refractivity contribution in [2.45, 2.75) is 12.5 Å². The highest BCUT2D eigenvalue weighted by molar-refractivity contribution is 7.95. The second-order valence-corrected chi connectivity index (χ2v) is 6.59. The highest BCUT2D eigenvalue weighted by atomic mass is 32.2. The zero-order valence-corrected chi connectivity index (χ0v) is 11.4. The zero-order chi connectivity index (χ0) is 13.5. The summed E-state index contributed by atoms with van der Waals surface area (Å²) in [5, 5.41) is 11.6. The van der Waals surface area contributed by atoms with Crippen molar-refractivity contribution in [2.75, 3.05) is 18.3 Å². The molecule has 18 heavy (non-hydrogen) atoms. The third kappa shape index (κ3) is 4.79. The molecule has 1 rings (SSSR count). The highest BCUT2D eigenvalue weighted by Gasteiger charge is 2.22. The number of carbonyl (C=O) groups is 2. The van der Waals surface area contributed by atoms with Gasteiger partial charge in [0.15, 0.2) is 0 Å². The molecule has 1 unspecified atom stereocenters. The third-order valence-electron chi connectivity index (χ3n) is 2.45. The summed E-state index contributed by atoms with van der Waals surface area (Å²) in [7, 11) is 0.173. The molecule has 0 aliphatic rings. The van der Waals surface area contributed by atoms with Gasteiger partial charge in [0, 0.05) is 12.0 Å². The minimum absolute atomic E-state index is 0.173. The normalized spacial score (nSPS) is 12.2. The summed E-state index contributed by atoms with van der Waals surface area (Å²) in [5.74, 6) is -0.522. The van der Waals surface area contributed by atoms with E-state index in [0.29, 0.717) is 12.0 Å². The van der Waals surface area contributed by atoms with Gasteiger partial charge in [-0.15, -0.1) is 0 Å². The van der Waals surface area contributed by atoms with E-state index in [0.717, 1.165) is 5.75 Å². The molecule has 2 N–H and O–H groups in total. The Morgan fingerprint density at radius 1 is 1.28 bits per heavy atom. The first-order valence-electron chi connectivity index (χ1n) is 5.63. The average Bonchev–Trinajstić information content (AvgIpc) is 2.34. The maximum Gasteiger partial charge on any atom is 0.326 e. The van der Waals surface area contributed by atoms with Crippen molar-refractivity contribution >= 4 is 22.8 Å². The van der Waals surface area contributed by atoms with E-state index in [-0.39, 0.29) is 16.8 Å². The molecule has 0 saturated carbocycles. The molecule has 0 heterocycles. The highest BCUT2D eigenvalue weighted by Crippen LogP contribution is 2.02. The fraction of sp³-hybridized carbons (Fsp3) is 0.385. The number of aliphatic carboxylic acids is 1.